The van der Waals surface area contributed by atoms with E-state index in [-0.39, 0.29) is 12.5 Å². The van der Waals surface area contributed by atoms with Crippen LogP contribution in [0, 0.1) is 6.92 Å². The normalized spacial score (nSPS) is 10.1. The van der Waals surface area contributed by atoms with Crippen molar-refractivity contribution in [1.29, 1.82) is 0 Å². The van der Waals surface area contributed by atoms with Crippen LogP contribution in [0.5, 0.6) is 0 Å². The Balaban J connectivity index is 2.11. The van der Waals surface area contributed by atoms with Gasteiger partial charge in [0, 0.05) is 12.2 Å². The standard InChI is InChI=1S/C19H22N2O3/c1-4-21(15-9-7-8-14(2)12-15)13-18(22)20-17-11-6-5-10-16(17)19(23)24-3/h5-12H,4,13H2,1-3H3,(H,20,22). The molecule has 1 amide bonds. The molecule has 0 aliphatic rings. The van der Waals surface area contributed by atoms with Gasteiger partial charge in [-0.2, -0.15) is 0 Å². The molecule has 0 aliphatic heterocycles. The van der Waals surface area contributed by atoms with Gasteiger partial charge in [0.1, 0.15) is 0 Å². The summed E-state index contributed by atoms with van der Waals surface area (Å²) in [7, 11) is 1.32. The van der Waals surface area contributed by atoms with E-state index >= 15 is 0 Å². The third-order valence-electron chi connectivity index (χ3n) is 3.69. The van der Waals surface area contributed by atoms with E-state index in [2.05, 4.69) is 5.32 Å². The molecular formula is C19H22N2O3. The van der Waals surface area contributed by atoms with Gasteiger partial charge in [-0.3, -0.25) is 4.79 Å². The topological polar surface area (TPSA) is 58.6 Å². The fraction of sp³-hybridized carbons (Fsp3) is 0.263. The first-order valence-electron chi connectivity index (χ1n) is 7.84. The Kier molecular flexibility index (Phi) is 5.95. The zero-order valence-corrected chi connectivity index (χ0v) is 14.2. The molecule has 0 atom stereocenters. The van der Waals surface area contributed by atoms with Crippen LogP contribution in [-0.4, -0.2) is 32.1 Å². The maximum atomic E-state index is 12.4. The lowest BCUT2D eigenvalue weighted by molar-refractivity contribution is -0.115. The number of hydrogen-bond acceptors (Lipinski definition) is 4. The lowest BCUT2D eigenvalue weighted by atomic mass is 10.1. The number of esters is 1. The fourth-order valence-corrected chi connectivity index (χ4v) is 2.45. The van der Waals surface area contributed by atoms with Gasteiger partial charge in [-0.05, 0) is 43.7 Å². The molecular weight excluding hydrogens is 304 g/mol. The number of nitrogens with zero attached hydrogens (tertiary/aromatic N) is 1. The quantitative estimate of drug-likeness (QED) is 0.828. The molecule has 2 aromatic carbocycles. The van der Waals surface area contributed by atoms with E-state index in [4.69, 9.17) is 4.74 Å². The molecule has 2 aromatic rings. The van der Waals surface area contributed by atoms with Crippen molar-refractivity contribution in [3.63, 3.8) is 0 Å². The van der Waals surface area contributed by atoms with Gasteiger partial charge in [-0.1, -0.05) is 24.3 Å². The second kappa shape index (κ2) is 8.15. The van der Waals surface area contributed by atoms with E-state index in [0.717, 1.165) is 11.3 Å². The first-order chi connectivity index (χ1) is 11.5. The van der Waals surface area contributed by atoms with Crippen molar-refractivity contribution in [2.45, 2.75) is 13.8 Å². The molecule has 5 heteroatoms. The summed E-state index contributed by atoms with van der Waals surface area (Å²) < 4.78 is 4.74. The lowest BCUT2D eigenvalue weighted by Gasteiger charge is -2.23. The van der Waals surface area contributed by atoms with Gasteiger partial charge in [0.05, 0.1) is 24.9 Å². The zero-order valence-electron chi connectivity index (χ0n) is 14.2. The maximum absolute atomic E-state index is 12.4. The van der Waals surface area contributed by atoms with Crippen molar-refractivity contribution >= 4 is 23.3 Å². The number of aryl methyl sites for hydroxylation is 1. The van der Waals surface area contributed by atoms with Crippen molar-refractivity contribution in [2.75, 3.05) is 30.4 Å². The molecule has 0 radical (unpaired) electrons. The SMILES string of the molecule is CCN(CC(=O)Nc1ccccc1C(=O)OC)c1cccc(C)c1. The van der Waals surface area contributed by atoms with Crippen molar-refractivity contribution in [1.82, 2.24) is 0 Å². The van der Waals surface area contributed by atoms with E-state index in [0.29, 0.717) is 17.8 Å². The highest BCUT2D eigenvalue weighted by molar-refractivity contribution is 6.02. The van der Waals surface area contributed by atoms with Gasteiger partial charge < -0.3 is 15.0 Å². The van der Waals surface area contributed by atoms with E-state index in [1.165, 1.54) is 7.11 Å². The summed E-state index contributed by atoms with van der Waals surface area (Å²) in [5.41, 5.74) is 2.93. The Morgan fingerprint density at radius 3 is 2.54 bits per heavy atom. The molecule has 0 unspecified atom stereocenters. The number of methoxy groups -OCH3 is 1. The number of ether oxygens (including phenoxy) is 1. The van der Waals surface area contributed by atoms with Crippen LogP contribution in [0.4, 0.5) is 11.4 Å². The predicted octanol–water partition coefficient (Wildman–Crippen LogP) is 3.25. The van der Waals surface area contributed by atoms with Crippen LogP contribution in [-0.2, 0) is 9.53 Å². The molecule has 0 aromatic heterocycles. The van der Waals surface area contributed by atoms with Crippen molar-refractivity contribution in [2.24, 2.45) is 0 Å². The second-order valence-electron chi connectivity index (χ2n) is 5.44. The predicted molar refractivity (Wildman–Crippen MR) is 95.5 cm³/mol. The Hall–Kier alpha value is -2.82. The molecule has 126 valence electrons. The van der Waals surface area contributed by atoms with Gasteiger partial charge in [0.2, 0.25) is 5.91 Å². The highest BCUT2D eigenvalue weighted by Gasteiger charge is 2.15. The number of hydrogen-bond donors (Lipinski definition) is 1. The first kappa shape index (κ1) is 17.5. The van der Waals surface area contributed by atoms with Crippen molar-refractivity contribution in [3.8, 4) is 0 Å². The smallest absolute Gasteiger partial charge is 0.339 e. The number of nitrogens with one attached hydrogen (secondary N) is 1. The first-order valence-corrected chi connectivity index (χ1v) is 7.84. The second-order valence-corrected chi connectivity index (χ2v) is 5.44. The summed E-state index contributed by atoms with van der Waals surface area (Å²) in [6.45, 7) is 4.92. The molecule has 0 fully saturated rings. The van der Waals surface area contributed by atoms with Gasteiger partial charge >= 0.3 is 5.97 Å². The summed E-state index contributed by atoms with van der Waals surface area (Å²) in [5.74, 6) is -0.661. The zero-order chi connectivity index (χ0) is 17.5. The third kappa shape index (κ3) is 4.35. The monoisotopic (exact) mass is 326 g/mol. The average Bonchev–Trinajstić information content (AvgIpc) is 2.59. The number of benzene rings is 2. The largest absolute Gasteiger partial charge is 0.465 e. The maximum Gasteiger partial charge on any atom is 0.339 e. The lowest BCUT2D eigenvalue weighted by Crippen LogP contribution is -2.33. The van der Waals surface area contributed by atoms with E-state index in [9.17, 15) is 9.59 Å². The summed E-state index contributed by atoms with van der Waals surface area (Å²) >= 11 is 0. The van der Waals surface area contributed by atoms with Gasteiger partial charge in [0.25, 0.3) is 0 Å². The Morgan fingerprint density at radius 2 is 1.88 bits per heavy atom. The average molecular weight is 326 g/mol. The number of carbonyl (C=O) groups is 2. The van der Waals surface area contributed by atoms with Crippen LogP contribution in [0.25, 0.3) is 0 Å². The van der Waals surface area contributed by atoms with E-state index in [1.54, 1.807) is 24.3 Å². The van der Waals surface area contributed by atoms with Gasteiger partial charge in [-0.15, -0.1) is 0 Å². The van der Waals surface area contributed by atoms with E-state index in [1.807, 2.05) is 43.0 Å². The Morgan fingerprint density at radius 1 is 1.12 bits per heavy atom. The van der Waals surface area contributed by atoms with Gasteiger partial charge in [-0.25, -0.2) is 4.79 Å². The molecule has 0 spiro atoms. The third-order valence-corrected chi connectivity index (χ3v) is 3.69. The van der Waals surface area contributed by atoms with Gasteiger partial charge in [0.15, 0.2) is 0 Å². The van der Waals surface area contributed by atoms with Crippen LogP contribution >= 0.6 is 0 Å². The number of amides is 1. The van der Waals surface area contributed by atoms with Crippen LogP contribution in [0.3, 0.4) is 0 Å². The summed E-state index contributed by atoms with van der Waals surface area (Å²) in [6.07, 6.45) is 0. The molecule has 0 saturated carbocycles. The number of rotatable bonds is 6. The minimum absolute atomic E-state index is 0.185. The van der Waals surface area contributed by atoms with E-state index < -0.39 is 5.97 Å². The molecule has 5 nitrogen and oxygen atoms in total. The molecule has 0 saturated heterocycles. The van der Waals surface area contributed by atoms with Crippen LogP contribution in [0.15, 0.2) is 48.5 Å². The minimum atomic E-state index is -0.475. The minimum Gasteiger partial charge on any atom is -0.465 e. The molecule has 2 rings (SSSR count). The summed E-state index contributed by atoms with van der Waals surface area (Å²) in [5, 5.41) is 2.79. The number of anilines is 2. The highest BCUT2D eigenvalue weighted by atomic mass is 16.5. The molecule has 24 heavy (non-hydrogen) atoms. The molecule has 0 heterocycles. The number of para-hydroxylation sites is 1. The molecule has 0 bridgehead atoms. The van der Waals surface area contributed by atoms with Crippen LogP contribution < -0.4 is 10.2 Å². The molecule has 1 N–H and O–H groups in total. The Bertz CT molecular complexity index is 728. The fourth-order valence-electron chi connectivity index (χ4n) is 2.45. The molecule has 0 aliphatic carbocycles. The Labute approximate surface area is 142 Å². The van der Waals surface area contributed by atoms with Crippen LogP contribution in [0.1, 0.15) is 22.8 Å². The highest BCUT2D eigenvalue weighted by Crippen LogP contribution is 2.18. The summed E-state index contributed by atoms with van der Waals surface area (Å²) in [6, 6.07) is 14.8. The summed E-state index contributed by atoms with van der Waals surface area (Å²) in [4.78, 5) is 26.1. The van der Waals surface area contributed by atoms with Crippen molar-refractivity contribution < 1.29 is 14.3 Å². The number of carbonyl (C=O) groups excluding carboxylic acids is 2. The van der Waals surface area contributed by atoms with Crippen molar-refractivity contribution in [3.05, 3.63) is 59.7 Å². The van der Waals surface area contributed by atoms with Crippen LogP contribution in [0.2, 0.25) is 0 Å². The number of likely N-dealkylation sites (N-methyl/N-ethyl adjacent to an activating group) is 1.